The standard InChI is InChI=1S/C10H16ClN3O/c1-15-6-5-14-10(8(11)7-13-14)9-3-2-4-12-9/h7,9,12H,2-6H2,1H3. The van der Waals surface area contributed by atoms with Gasteiger partial charge in [-0.05, 0) is 19.4 Å². The van der Waals surface area contributed by atoms with E-state index < -0.39 is 0 Å². The molecule has 1 aliphatic heterocycles. The Morgan fingerprint density at radius 2 is 2.60 bits per heavy atom. The molecule has 1 unspecified atom stereocenters. The van der Waals surface area contributed by atoms with E-state index in [-0.39, 0.29) is 0 Å². The van der Waals surface area contributed by atoms with Gasteiger partial charge < -0.3 is 10.1 Å². The van der Waals surface area contributed by atoms with Crippen LogP contribution >= 0.6 is 11.6 Å². The number of nitrogens with one attached hydrogen (secondary N) is 1. The molecular formula is C10H16ClN3O. The largest absolute Gasteiger partial charge is 0.383 e. The molecule has 0 aliphatic carbocycles. The van der Waals surface area contributed by atoms with Gasteiger partial charge in [-0.2, -0.15) is 5.10 Å². The average molecular weight is 230 g/mol. The van der Waals surface area contributed by atoms with E-state index in [1.807, 2.05) is 4.68 Å². The lowest BCUT2D eigenvalue weighted by atomic mass is 10.1. The Hall–Kier alpha value is -0.580. The van der Waals surface area contributed by atoms with Crippen LogP contribution in [0.1, 0.15) is 24.6 Å². The molecule has 1 saturated heterocycles. The van der Waals surface area contributed by atoms with Crippen LogP contribution in [0.2, 0.25) is 5.02 Å². The Kier molecular flexibility index (Phi) is 3.61. The molecule has 1 fully saturated rings. The van der Waals surface area contributed by atoms with Gasteiger partial charge in [0.2, 0.25) is 0 Å². The van der Waals surface area contributed by atoms with Crippen LogP contribution in [0, 0.1) is 0 Å². The highest BCUT2D eigenvalue weighted by molar-refractivity contribution is 6.31. The van der Waals surface area contributed by atoms with Crippen molar-refractivity contribution >= 4 is 11.6 Å². The summed E-state index contributed by atoms with van der Waals surface area (Å²) >= 11 is 6.14. The molecule has 0 aromatic carbocycles. The van der Waals surface area contributed by atoms with E-state index >= 15 is 0 Å². The quantitative estimate of drug-likeness (QED) is 0.853. The number of methoxy groups -OCH3 is 1. The molecule has 0 saturated carbocycles. The minimum Gasteiger partial charge on any atom is -0.383 e. The van der Waals surface area contributed by atoms with Crippen molar-refractivity contribution in [2.24, 2.45) is 0 Å². The van der Waals surface area contributed by atoms with Gasteiger partial charge >= 0.3 is 0 Å². The highest BCUT2D eigenvalue weighted by Crippen LogP contribution is 2.28. The molecule has 5 heteroatoms. The zero-order valence-electron chi connectivity index (χ0n) is 8.87. The molecular weight excluding hydrogens is 214 g/mol. The van der Waals surface area contributed by atoms with E-state index in [0.717, 1.165) is 30.2 Å². The summed E-state index contributed by atoms with van der Waals surface area (Å²) in [6.07, 6.45) is 4.06. The van der Waals surface area contributed by atoms with Crippen molar-refractivity contribution in [3.05, 3.63) is 16.9 Å². The second kappa shape index (κ2) is 4.96. The summed E-state index contributed by atoms with van der Waals surface area (Å²) in [6, 6.07) is 0.358. The molecule has 84 valence electrons. The highest BCUT2D eigenvalue weighted by Gasteiger charge is 2.22. The number of halogens is 1. The molecule has 15 heavy (non-hydrogen) atoms. The van der Waals surface area contributed by atoms with Crippen LogP contribution in [0.5, 0.6) is 0 Å². The Bertz CT molecular complexity index is 320. The average Bonchev–Trinajstić information content (AvgIpc) is 2.84. The molecule has 0 bridgehead atoms. The first-order valence-corrected chi connectivity index (χ1v) is 5.64. The molecule has 0 radical (unpaired) electrons. The third-order valence-electron chi connectivity index (χ3n) is 2.73. The number of aromatic nitrogens is 2. The van der Waals surface area contributed by atoms with Crippen LogP contribution in [0.25, 0.3) is 0 Å². The molecule has 1 aromatic rings. The van der Waals surface area contributed by atoms with Crippen molar-refractivity contribution in [3.8, 4) is 0 Å². The molecule has 4 nitrogen and oxygen atoms in total. The van der Waals surface area contributed by atoms with E-state index in [9.17, 15) is 0 Å². The molecule has 2 heterocycles. The number of rotatable bonds is 4. The van der Waals surface area contributed by atoms with E-state index in [4.69, 9.17) is 16.3 Å². The molecule has 0 amide bonds. The number of ether oxygens (including phenoxy) is 1. The lowest BCUT2D eigenvalue weighted by molar-refractivity contribution is 0.182. The van der Waals surface area contributed by atoms with Gasteiger partial charge in [-0.15, -0.1) is 0 Å². The zero-order chi connectivity index (χ0) is 10.7. The van der Waals surface area contributed by atoms with Gasteiger partial charge in [0.05, 0.1) is 36.1 Å². The van der Waals surface area contributed by atoms with Gasteiger partial charge in [0.25, 0.3) is 0 Å². The maximum atomic E-state index is 6.14. The second-order valence-corrected chi connectivity index (χ2v) is 4.15. The van der Waals surface area contributed by atoms with Crippen LogP contribution in [-0.2, 0) is 11.3 Å². The van der Waals surface area contributed by atoms with Crippen LogP contribution in [0.15, 0.2) is 6.20 Å². The first kappa shape index (κ1) is 10.9. The summed E-state index contributed by atoms with van der Waals surface area (Å²) in [5, 5.41) is 8.45. The third kappa shape index (κ3) is 2.33. The Balaban J connectivity index is 2.15. The number of hydrogen-bond acceptors (Lipinski definition) is 3. The minimum atomic E-state index is 0.358. The first-order chi connectivity index (χ1) is 7.33. The van der Waals surface area contributed by atoms with E-state index in [1.54, 1.807) is 13.3 Å². The summed E-state index contributed by atoms with van der Waals surface area (Å²) in [7, 11) is 1.69. The van der Waals surface area contributed by atoms with Gasteiger partial charge in [-0.25, -0.2) is 0 Å². The maximum absolute atomic E-state index is 6.14. The summed E-state index contributed by atoms with van der Waals surface area (Å²) in [5.74, 6) is 0. The monoisotopic (exact) mass is 229 g/mol. The molecule has 1 aliphatic rings. The van der Waals surface area contributed by atoms with Crippen molar-refractivity contribution in [1.29, 1.82) is 0 Å². The molecule has 1 aromatic heterocycles. The second-order valence-electron chi connectivity index (χ2n) is 3.74. The zero-order valence-corrected chi connectivity index (χ0v) is 9.63. The highest BCUT2D eigenvalue weighted by atomic mass is 35.5. The fourth-order valence-corrected chi connectivity index (χ4v) is 2.27. The Morgan fingerprint density at radius 1 is 1.73 bits per heavy atom. The predicted molar refractivity (Wildman–Crippen MR) is 59.1 cm³/mol. The summed E-state index contributed by atoms with van der Waals surface area (Å²) in [4.78, 5) is 0. The van der Waals surface area contributed by atoms with Crippen molar-refractivity contribution in [1.82, 2.24) is 15.1 Å². The first-order valence-electron chi connectivity index (χ1n) is 5.26. The van der Waals surface area contributed by atoms with Crippen molar-refractivity contribution in [2.45, 2.75) is 25.4 Å². The van der Waals surface area contributed by atoms with E-state index in [2.05, 4.69) is 10.4 Å². The Morgan fingerprint density at radius 3 is 3.27 bits per heavy atom. The fraction of sp³-hybridized carbons (Fsp3) is 0.700. The summed E-state index contributed by atoms with van der Waals surface area (Å²) < 4.78 is 6.99. The smallest absolute Gasteiger partial charge is 0.0834 e. The van der Waals surface area contributed by atoms with E-state index in [1.165, 1.54) is 6.42 Å². The normalized spacial score (nSPS) is 21.1. The SMILES string of the molecule is COCCn1ncc(Cl)c1C1CCCN1. The van der Waals surface area contributed by atoms with Crippen LogP contribution < -0.4 is 5.32 Å². The maximum Gasteiger partial charge on any atom is 0.0834 e. The Labute approximate surface area is 94.6 Å². The topological polar surface area (TPSA) is 39.1 Å². The van der Waals surface area contributed by atoms with Gasteiger partial charge in [-0.1, -0.05) is 11.6 Å². The van der Waals surface area contributed by atoms with Gasteiger partial charge in [-0.3, -0.25) is 4.68 Å². The number of hydrogen-bond donors (Lipinski definition) is 1. The van der Waals surface area contributed by atoms with E-state index in [0.29, 0.717) is 12.6 Å². The van der Waals surface area contributed by atoms with Crippen molar-refractivity contribution < 1.29 is 4.74 Å². The van der Waals surface area contributed by atoms with Gasteiger partial charge in [0, 0.05) is 7.11 Å². The van der Waals surface area contributed by atoms with Crippen molar-refractivity contribution in [2.75, 3.05) is 20.3 Å². The van der Waals surface area contributed by atoms with Crippen LogP contribution in [0.4, 0.5) is 0 Å². The lowest BCUT2D eigenvalue weighted by Gasteiger charge is -2.13. The lowest BCUT2D eigenvalue weighted by Crippen LogP contribution is -2.19. The minimum absolute atomic E-state index is 0.358. The van der Waals surface area contributed by atoms with Crippen molar-refractivity contribution in [3.63, 3.8) is 0 Å². The van der Waals surface area contributed by atoms with Gasteiger partial charge in [0.15, 0.2) is 0 Å². The van der Waals surface area contributed by atoms with Crippen LogP contribution in [0.3, 0.4) is 0 Å². The molecule has 2 rings (SSSR count). The van der Waals surface area contributed by atoms with Gasteiger partial charge in [0.1, 0.15) is 0 Å². The molecule has 1 N–H and O–H groups in total. The number of nitrogens with zero attached hydrogens (tertiary/aromatic N) is 2. The van der Waals surface area contributed by atoms with Crippen LogP contribution in [-0.4, -0.2) is 30.0 Å². The summed E-state index contributed by atoms with van der Waals surface area (Å²) in [6.45, 7) is 2.49. The molecule has 0 spiro atoms. The predicted octanol–water partition coefficient (Wildman–Crippen LogP) is 1.61. The fourth-order valence-electron chi connectivity index (χ4n) is 1.99. The summed E-state index contributed by atoms with van der Waals surface area (Å²) in [5.41, 5.74) is 1.10. The third-order valence-corrected chi connectivity index (χ3v) is 3.02. The molecule has 1 atom stereocenters.